The van der Waals surface area contributed by atoms with Crippen LogP contribution in [0.15, 0.2) is 64.1 Å². The molecule has 0 amide bonds. The van der Waals surface area contributed by atoms with E-state index in [9.17, 15) is 8.42 Å². The average molecular weight is 546 g/mol. The smallest absolute Gasteiger partial charge is 0.247 e. The van der Waals surface area contributed by atoms with Gasteiger partial charge < -0.3 is 10.6 Å². The van der Waals surface area contributed by atoms with Crippen LogP contribution in [0.2, 0.25) is 0 Å². The highest BCUT2D eigenvalue weighted by atomic mass is 127. The highest BCUT2D eigenvalue weighted by Gasteiger charge is 2.11. The number of hydrogen-bond donors (Lipinski definition) is 3. The van der Waals surface area contributed by atoms with Gasteiger partial charge in [0, 0.05) is 30.9 Å². The number of aromatic nitrogens is 2. The molecular formula is C18H23IN6O2S2. The topological polar surface area (TPSA) is 114 Å². The number of benzene rings is 1. The van der Waals surface area contributed by atoms with Gasteiger partial charge in [0.1, 0.15) is 4.21 Å². The third kappa shape index (κ3) is 6.80. The van der Waals surface area contributed by atoms with Crippen molar-refractivity contribution >= 4 is 51.3 Å². The molecule has 3 rings (SSSR count). The van der Waals surface area contributed by atoms with Gasteiger partial charge in [-0.3, -0.25) is 4.99 Å². The Hall–Kier alpha value is -1.96. The quantitative estimate of drug-likeness (QED) is 0.239. The molecular weight excluding hydrogens is 523 g/mol. The summed E-state index contributed by atoms with van der Waals surface area (Å²) in [5.41, 5.74) is 2.23. The van der Waals surface area contributed by atoms with E-state index in [1.54, 1.807) is 19.3 Å². The second-order valence-electron chi connectivity index (χ2n) is 5.99. The van der Waals surface area contributed by atoms with Crippen molar-refractivity contribution in [1.82, 2.24) is 20.4 Å². The summed E-state index contributed by atoms with van der Waals surface area (Å²) < 4.78 is 24.6. The van der Waals surface area contributed by atoms with E-state index in [0.29, 0.717) is 19.0 Å². The summed E-state index contributed by atoms with van der Waals surface area (Å²) in [6.07, 6.45) is 4.50. The Kier molecular flexibility index (Phi) is 8.61. The number of guanidine groups is 1. The number of hydrogen-bond acceptors (Lipinski definition) is 5. The minimum absolute atomic E-state index is 0. The number of thiophene rings is 1. The number of sulfonamides is 1. The van der Waals surface area contributed by atoms with Gasteiger partial charge in [0.15, 0.2) is 5.96 Å². The van der Waals surface area contributed by atoms with E-state index in [4.69, 9.17) is 5.14 Å². The standard InChI is InChI=1S/C18H22N6O2S2.HI/c1-20-18(22-13-16-7-8-17(27-16)28(19,25)26)21-11-9-14-3-5-15(6-4-14)24-12-2-10-23-24;/h2-8,10,12H,9,11,13H2,1H3,(H2,19,25,26)(H2,20,21,22);1H. The molecule has 3 aromatic rings. The molecule has 4 N–H and O–H groups in total. The maximum Gasteiger partial charge on any atom is 0.247 e. The molecule has 0 fully saturated rings. The summed E-state index contributed by atoms with van der Waals surface area (Å²) in [5.74, 6) is 0.652. The van der Waals surface area contributed by atoms with Gasteiger partial charge >= 0.3 is 0 Å². The lowest BCUT2D eigenvalue weighted by Gasteiger charge is -2.11. The van der Waals surface area contributed by atoms with Gasteiger partial charge in [-0.2, -0.15) is 5.10 Å². The molecule has 156 valence electrons. The van der Waals surface area contributed by atoms with Crippen LogP contribution in [0.25, 0.3) is 5.69 Å². The summed E-state index contributed by atoms with van der Waals surface area (Å²) in [6, 6.07) is 13.4. The lowest BCUT2D eigenvalue weighted by Crippen LogP contribution is -2.37. The second kappa shape index (κ2) is 10.7. The fourth-order valence-electron chi connectivity index (χ4n) is 2.56. The van der Waals surface area contributed by atoms with Crippen molar-refractivity contribution in [1.29, 1.82) is 0 Å². The van der Waals surface area contributed by atoms with Gasteiger partial charge in [0.2, 0.25) is 10.0 Å². The van der Waals surface area contributed by atoms with Gasteiger partial charge in [0.05, 0.1) is 12.2 Å². The molecule has 0 unspecified atom stereocenters. The van der Waals surface area contributed by atoms with Crippen molar-refractivity contribution in [2.75, 3.05) is 13.6 Å². The maximum absolute atomic E-state index is 11.3. The summed E-state index contributed by atoms with van der Waals surface area (Å²) in [7, 11) is -1.96. The van der Waals surface area contributed by atoms with Crippen LogP contribution in [0, 0.1) is 0 Å². The Morgan fingerprint density at radius 3 is 2.55 bits per heavy atom. The fraction of sp³-hybridized carbons (Fsp3) is 0.222. The molecule has 29 heavy (non-hydrogen) atoms. The molecule has 0 aliphatic rings. The molecule has 0 bridgehead atoms. The molecule has 2 heterocycles. The zero-order valence-corrected chi connectivity index (χ0v) is 19.7. The van der Waals surface area contributed by atoms with Crippen molar-refractivity contribution < 1.29 is 8.42 Å². The molecule has 0 aliphatic heterocycles. The third-order valence-corrected chi connectivity index (χ3v) is 6.51. The molecule has 0 spiro atoms. The Labute approximate surface area is 191 Å². The van der Waals surface area contributed by atoms with Gasteiger partial charge in [-0.25, -0.2) is 18.2 Å². The molecule has 1 aromatic carbocycles. The lowest BCUT2D eigenvalue weighted by molar-refractivity contribution is 0.600. The number of nitrogens with zero attached hydrogens (tertiary/aromatic N) is 3. The molecule has 0 atom stereocenters. The Morgan fingerprint density at radius 2 is 1.97 bits per heavy atom. The first-order valence-corrected chi connectivity index (χ1v) is 11.0. The molecule has 8 nitrogen and oxygen atoms in total. The van der Waals surface area contributed by atoms with Crippen molar-refractivity contribution in [2.24, 2.45) is 10.1 Å². The van der Waals surface area contributed by atoms with Crippen molar-refractivity contribution in [2.45, 2.75) is 17.2 Å². The number of halogens is 1. The SMILES string of the molecule is CN=C(NCCc1ccc(-n2cccn2)cc1)NCc1ccc(S(N)(=O)=O)s1.I. The molecule has 0 saturated heterocycles. The highest BCUT2D eigenvalue weighted by molar-refractivity contribution is 14.0. The number of nitrogens with one attached hydrogen (secondary N) is 2. The first-order chi connectivity index (χ1) is 13.5. The van der Waals surface area contributed by atoms with E-state index >= 15 is 0 Å². The zero-order chi connectivity index (χ0) is 20.0. The van der Waals surface area contributed by atoms with E-state index in [2.05, 4.69) is 32.9 Å². The minimum Gasteiger partial charge on any atom is -0.356 e. The first-order valence-electron chi connectivity index (χ1n) is 8.61. The first kappa shape index (κ1) is 23.3. The monoisotopic (exact) mass is 546 g/mol. The van der Waals surface area contributed by atoms with Crippen LogP contribution in [-0.4, -0.2) is 37.8 Å². The normalized spacial score (nSPS) is 11.7. The van der Waals surface area contributed by atoms with E-state index in [1.165, 1.54) is 11.6 Å². The summed E-state index contributed by atoms with van der Waals surface area (Å²) in [6.45, 7) is 1.19. The number of rotatable bonds is 7. The second-order valence-corrected chi connectivity index (χ2v) is 8.94. The summed E-state index contributed by atoms with van der Waals surface area (Å²) >= 11 is 1.15. The van der Waals surface area contributed by atoms with Crippen LogP contribution in [0.3, 0.4) is 0 Å². The minimum atomic E-state index is -3.65. The van der Waals surface area contributed by atoms with Crippen molar-refractivity contribution in [3.05, 3.63) is 65.3 Å². The van der Waals surface area contributed by atoms with Crippen LogP contribution in [-0.2, 0) is 23.0 Å². The van der Waals surface area contributed by atoms with Gasteiger partial charge in [0.25, 0.3) is 0 Å². The molecule has 0 aliphatic carbocycles. The zero-order valence-electron chi connectivity index (χ0n) is 15.8. The lowest BCUT2D eigenvalue weighted by atomic mass is 10.1. The summed E-state index contributed by atoms with van der Waals surface area (Å²) in [4.78, 5) is 5.04. The maximum atomic E-state index is 11.3. The predicted molar refractivity (Wildman–Crippen MR) is 127 cm³/mol. The Balaban J connectivity index is 0.00000300. The predicted octanol–water partition coefficient (Wildman–Crippen LogP) is 2.11. The molecule has 11 heteroatoms. The van der Waals surface area contributed by atoms with Gasteiger partial charge in [-0.05, 0) is 42.3 Å². The largest absolute Gasteiger partial charge is 0.356 e. The van der Waals surface area contributed by atoms with E-state index in [0.717, 1.165) is 28.3 Å². The van der Waals surface area contributed by atoms with E-state index in [-0.39, 0.29) is 28.2 Å². The van der Waals surface area contributed by atoms with Crippen molar-refractivity contribution in [3.8, 4) is 5.69 Å². The van der Waals surface area contributed by atoms with Crippen LogP contribution >= 0.6 is 35.3 Å². The van der Waals surface area contributed by atoms with Crippen LogP contribution in [0.1, 0.15) is 10.4 Å². The van der Waals surface area contributed by atoms with Crippen LogP contribution < -0.4 is 15.8 Å². The van der Waals surface area contributed by atoms with E-state index < -0.39 is 10.0 Å². The third-order valence-electron chi connectivity index (χ3n) is 3.98. The number of primary sulfonamides is 1. The van der Waals surface area contributed by atoms with Gasteiger partial charge in [-0.15, -0.1) is 35.3 Å². The van der Waals surface area contributed by atoms with E-state index in [1.807, 2.05) is 29.1 Å². The molecule has 0 saturated carbocycles. The number of nitrogens with two attached hydrogens (primary N) is 1. The van der Waals surface area contributed by atoms with Crippen LogP contribution in [0.5, 0.6) is 0 Å². The number of aliphatic imine (C=N–C) groups is 1. The fourth-order valence-corrected chi connectivity index (χ4v) is 4.28. The van der Waals surface area contributed by atoms with Crippen molar-refractivity contribution in [3.63, 3.8) is 0 Å². The molecule has 2 aromatic heterocycles. The van der Waals surface area contributed by atoms with Crippen LogP contribution in [0.4, 0.5) is 0 Å². The average Bonchev–Trinajstić information content (AvgIpc) is 3.36. The highest BCUT2D eigenvalue weighted by Crippen LogP contribution is 2.19. The molecule has 0 radical (unpaired) electrons. The van der Waals surface area contributed by atoms with Gasteiger partial charge in [-0.1, -0.05) is 12.1 Å². The Bertz CT molecular complexity index is 1030. The summed E-state index contributed by atoms with van der Waals surface area (Å²) in [5, 5.41) is 15.8. The Morgan fingerprint density at radius 1 is 1.21 bits per heavy atom.